The summed E-state index contributed by atoms with van der Waals surface area (Å²) in [5.74, 6) is -1.10. The molecule has 3 N–H and O–H groups in total. The first-order valence-corrected chi connectivity index (χ1v) is 4.43. The molecule has 1 aliphatic heterocycles. The second-order valence-corrected chi connectivity index (χ2v) is 3.31. The fraction of sp³-hybridized carbons (Fsp3) is 0.222. The highest BCUT2D eigenvalue weighted by Crippen LogP contribution is 2.31. The van der Waals surface area contributed by atoms with Crippen LogP contribution < -0.4 is 11.1 Å². The van der Waals surface area contributed by atoms with Gasteiger partial charge in [-0.3, -0.25) is 4.79 Å². The van der Waals surface area contributed by atoms with E-state index in [1.807, 2.05) is 0 Å². The Bertz CT molecular complexity index is 473. The van der Waals surface area contributed by atoms with Gasteiger partial charge in [-0.1, -0.05) is 0 Å². The average molecular weight is 231 g/mol. The van der Waals surface area contributed by atoms with Gasteiger partial charge >= 0.3 is 6.30 Å². The third-order valence-corrected chi connectivity index (χ3v) is 2.29. The number of nitrogens with zero attached hydrogens (tertiary/aromatic N) is 1. The Morgan fingerprint density at radius 1 is 1.50 bits per heavy atom. The lowest BCUT2D eigenvalue weighted by Crippen LogP contribution is -2.28. The van der Waals surface area contributed by atoms with Crippen LogP contribution in [0.5, 0.6) is 0 Å². The first kappa shape index (κ1) is 10.6. The van der Waals surface area contributed by atoms with Crippen molar-refractivity contribution in [3.8, 4) is 0 Å². The normalized spacial score (nSPS) is 14.4. The monoisotopic (exact) mass is 231 g/mol. The van der Waals surface area contributed by atoms with Crippen LogP contribution in [0, 0.1) is 0 Å². The van der Waals surface area contributed by atoms with Gasteiger partial charge in [0.2, 0.25) is 0 Å². The van der Waals surface area contributed by atoms with E-state index in [9.17, 15) is 18.0 Å². The first-order valence-electron chi connectivity index (χ1n) is 4.43. The molecule has 0 spiro atoms. The van der Waals surface area contributed by atoms with Gasteiger partial charge in [0.05, 0.1) is 12.2 Å². The predicted molar refractivity (Wildman–Crippen MR) is 50.1 cm³/mol. The molecule has 2 rings (SSSR count). The van der Waals surface area contributed by atoms with Crippen molar-refractivity contribution in [2.45, 2.75) is 12.8 Å². The van der Waals surface area contributed by atoms with E-state index in [1.54, 1.807) is 0 Å². The minimum Gasteiger partial charge on any atom is -0.385 e. The SMILES string of the molecule is NC(=O)c1cc2c(n1C(F)(F)F)CNC=C2. The summed E-state index contributed by atoms with van der Waals surface area (Å²) in [7, 11) is 0. The lowest BCUT2D eigenvalue weighted by molar-refractivity contribution is -0.205. The summed E-state index contributed by atoms with van der Waals surface area (Å²) < 4.78 is 38.2. The first-order chi connectivity index (χ1) is 7.41. The minimum absolute atomic E-state index is 0.0104. The van der Waals surface area contributed by atoms with E-state index in [-0.39, 0.29) is 16.8 Å². The van der Waals surface area contributed by atoms with Crippen LogP contribution in [-0.2, 0) is 12.8 Å². The van der Waals surface area contributed by atoms with Crippen LogP contribution in [0.1, 0.15) is 21.7 Å². The number of rotatable bonds is 1. The molecule has 86 valence electrons. The summed E-state index contributed by atoms with van der Waals surface area (Å²) in [6, 6.07) is 1.14. The van der Waals surface area contributed by atoms with Gasteiger partial charge in [-0.25, -0.2) is 4.57 Å². The van der Waals surface area contributed by atoms with E-state index < -0.39 is 17.9 Å². The van der Waals surface area contributed by atoms with Crippen LogP contribution in [0.3, 0.4) is 0 Å². The van der Waals surface area contributed by atoms with Crippen LogP contribution in [0.4, 0.5) is 13.2 Å². The van der Waals surface area contributed by atoms with E-state index in [0.717, 1.165) is 6.07 Å². The molecule has 7 heteroatoms. The maximum atomic E-state index is 12.7. The Labute approximate surface area is 88.5 Å². The third-order valence-electron chi connectivity index (χ3n) is 2.29. The fourth-order valence-corrected chi connectivity index (χ4v) is 1.67. The molecule has 0 aromatic carbocycles. The predicted octanol–water partition coefficient (Wildman–Crippen LogP) is 1.14. The van der Waals surface area contributed by atoms with E-state index in [1.165, 1.54) is 12.3 Å². The third kappa shape index (κ3) is 1.54. The molecular formula is C9H8F3N3O. The zero-order valence-corrected chi connectivity index (χ0v) is 8.01. The summed E-state index contributed by atoms with van der Waals surface area (Å²) >= 11 is 0. The average Bonchev–Trinajstić information content (AvgIpc) is 2.55. The number of amides is 1. The molecule has 2 heterocycles. The van der Waals surface area contributed by atoms with Gasteiger partial charge in [-0.05, 0) is 23.9 Å². The summed E-state index contributed by atoms with van der Waals surface area (Å²) in [6.45, 7) is 0.0125. The van der Waals surface area contributed by atoms with Crippen LogP contribution in [-0.4, -0.2) is 10.5 Å². The van der Waals surface area contributed by atoms with Gasteiger partial charge in [0.25, 0.3) is 5.91 Å². The standard InChI is InChI=1S/C9H8F3N3O/c10-9(11,12)15-6(8(13)16)3-5-1-2-14-4-7(5)15/h1-3,14H,4H2,(H2,13,16). The Balaban J connectivity index is 2.68. The topological polar surface area (TPSA) is 60.1 Å². The number of fused-ring (bicyclic) bond motifs is 1. The molecule has 4 nitrogen and oxygen atoms in total. The number of carbonyl (C=O) groups is 1. The Hall–Kier alpha value is -1.92. The lowest BCUT2D eigenvalue weighted by atomic mass is 10.2. The van der Waals surface area contributed by atoms with Crippen molar-refractivity contribution in [1.82, 2.24) is 9.88 Å². The molecule has 1 aromatic heterocycles. The van der Waals surface area contributed by atoms with Gasteiger partial charge in [0.1, 0.15) is 5.69 Å². The second-order valence-electron chi connectivity index (χ2n) is 3.31. The molecule has 0 saturated carbocycles. The van der Waals surface area contributed by atoms with E-state index in [2.05, 4.69) is 5.32 Å². The largest absolute Gasteiger partial charge is 0.489 e. The highest BCUT2D eigenvalue weighted by atomic mass is 19.4. The Morgan fingerprint density at radius 2 is 2.19 bits per heavy atom. The van der Waals surface area contributed by atoms with E-state index in [0.29, 0.717) is 5.56 Å². The van der Waals surface area contributed by atoms with Gasteiger partial charge in [-0.15, -0.1) is 13.2 Å². The quantitative estimate of drug-likeness (QED) is 0.761. The number of primary amides is 1. The molecule has 1 aromatic rings. The number of hydrogen-bond donors (Lipinski definition) is 2. The smallest absolute Gasteiger partial charge is 0.385 e. The van der Waals surface area contributed by atoms with Gasteiger partial charge in [-0.2, -0.15) is 0 Å². The molecule has 0 aliphatic carbocycles. The van der Waals surface area contributed by atoms with E-state index >= 15 is 0 Å². The molecule has 1 amide bonds. The van der Waals surface area contributed by atoms with Crippen LogP contribution in [0.2, 0.25) is 0 Å². The number of alkyl halides is 3. The molecular weight excluding hydrogens is 223 g/mol. The van der Waals surface area contributed by atoms with Crippen molar-refractivity contribution in [1.29, 1.82) is 0 Å². The number of aromatic nitrogens is 1. The van der Waals surface area contributed by atoms with Crippen LogP contribution in [0.25, 0.3) is 6.08 Å². The zero-order chi connectivity index (χ0) is 11.9. The molecule has 0 unspecified atom stereocenters. The van der Waals surface area contributed by atoms with Crippen molar-refractivity contribution in [3.63, 3.8) is 0 Å². The maximum Gasteiger partial charge on any atom is 0.489 e. The highest BCUT2D eigenvalue weighted by molar-refractivity contribution is 5.92. The van der Waals surface area contributed by atoms with Crippen molar-refractivity contribution in [2.24, 2.45) is 5.73 Å². The van der Waals surface area contributed by atoms with Crippen molar-refractivity contribution in [3.05, 3.63) is 29.2 Å². The molecule has 0 saturated heterocycles. The van der Waals surface area contributed by atoms with E-state index in [4.69, 9.17) is 5.73 Å². The summed E-state index contributed by atoms with van der Waals surface area (Å²) in [5.41, 5.74) is 4.71. The highest BCUT2D eigenvalue weighted by Gasteiger charge is 2.37. The molecule has 0 radical (unpaired) electrons. The fourth-order valence-electron chi connectivity index (χ4n) is 1.67. The van der Waals surface area contributed by atoms with Gasteiger partial charge in [0.15, 0.2) is 0 Å². The molecule has 16 heavy (non-hydrogen) atoms. The molecule has 0 bridgehead atoms. The van der Waals surface area contributed by atoms with Crippen molar-refractivity contribution < 1.29 is 18.0 Å². The van der Waals surface area contributed by atoms with Crippen molar-refractivity contribution in [2.75, 3.05) is 0 Å². The Kier molecular flexibility index (Phi) is 2.18. The zero-order valence-electron chi connectivity index (χ0n) is 8.01. The van der Waals surface area contributed by atoms with Gasteiger partial charge in [0, 0.05) is 0 Å². The summed E-state index contributed by atoms with van der Waals surface area (Å²) in [5, 5.41) is 2.65. The lowest BCUT2D eigenvalue weighted by Gasteiger charge is -2.17. The number of nitrogens with two attached hydrogens (primary N) is 1. The molecule has 0 atom stereocenters. The maximum absolute atomic E-state index is 12.7. The summed E-state index contributed by atoms with van der Waals surface area (Å²) in [6.07, 6.45) is -1.66. The van der Waals surface area contributed by atoms with Crippen LogP contribution in [0.15, 0.2) is 12.3 Å². The van der Waals surface area contributed by atoms with Gasteiger partial charge < -0.3 is 11.1 Å². The summed E-state index contributed by atoms with van der Waals surface area (Å²) in [4.78, 5) is 10.9. The van der Waals surface area contributed by atoms with Crippen molar-refractivity contribution >= 4 is 12.0 Å². The number of hydrogen-bond acceptors (Lipinski definition) is 2. The second kappa shape index (κ2) is 3.29. The Morgan fingerprint density at radius 3 is 2.75 bits per heavy atom. The minimum atomic E-state index is -4.65. The number of nitrogens with one attached hydrogen (secondary N) is 1. The molecule has 0 fully saturated rings. The van der Waals surface area contributed by atoms with Crippen LogP contribution >= 0.6 is 0 Å². The number of halogens is 3. The number of carbonyl (C=O) groups excluding carboxylic acids is 1. The molecule has 1 aliphatic rings.